The molecule has 1 saturated heterocycles. The van der Waals surface area contributed by atoms with Crippen LogP contribution in [0.2, 0.25) is 0 Å². The lowest BCUT2D eigenvalue weighted by Gasteiger charge is -2.32. The Labute approximate surface area is 158 Å². The van der Waals surface area contributed by atoms with Crippen LogP contribution in [-0.2, 0) is 11.3 Å². The summed E-state index contributed by atoms with van der Waals surface area (Å²) in [6.45, 7) is 5.80. The van der Waals surface area contributed by atoms with Crippen LogP contribution in [-0.4, -0.2) is 34.8 Å². The summed E-state index contributed by atoms with van der Waals surface area (Å²) in [6.07, 6.45) is 2.52. The average Bonchev–Trinajstić information content (AvgIpc) is 3.15. The van der Waals surface area contributed by atoms with Crippen molar-refractivity contribution in [2.45, 2.75) is 45.6 Å². The van der Waals surface area contributed by atoms with Gasteiger partial charge in [-0.3, -0.25) is 9.59 Å². The van der Waals surface area contributed by atoms with E-state index in [1.54, 1.807) is 11.3 Å². The predicted molar refractivity (Wildman–Crippen MR) is 103 cm³/mol. The Morgan fingerprint density at radius 1 is 1.35 bits per heavy atom. The van der Waals surface area contributed by atoms with Crippen LogP contribution in [0.4, 0.5) is 0 Å². The zero-order chi connectivity index (χ0) is 18.5. The van der Waals surface area contributed by atoms with Crippen LogP contribution in [0.1, 0.15) is 58.7 Å². The molecule has 1 aliphatic heterocycles. The second-order valence-corrected chi connectivity index (χ2v) is 7.60. The number of nitrogens with one attached hydrogen (secondary N) is 1. The molecular formula is C20H25N3O2S. The largest absolute Gasteiger partial charge is 0.350 e. The Kier molecular flexibility index (Phi) is 6.04. The molecule has 5 nitrogen and oxygen atoms in total. The quantitative estimate of drug-likeness (QED) is 0.875. The third-order valence-corrected chi connectivity index (χ3v) is 5.85. The van der Waals surface area contributed by atoms with E-state index >= 15 is 0 Å². The number of hydrogen-bond donors (Lipinski definition) is 1. The van der Waals surface area contributed by atoms with E-state index < -0.39 is 0 Å². The number of hydrogen-bond acceptors (Lipinski definition) is 4. The highest BCUT2D eigenvalue weighted by atomic mass is 32.1. The van der Waals surface area contributed by atoms with E-state index in [2.05, 4.69) is 5.32 Å². The van der Waals surface area contributed by atoms with Crippen molar-refractivity contribution in [3.05, 3.63) is 51.5 Å². The number of thiazole rings is 1. The average molecular weight is 372 g/mol. The van der Waals surface area contributed by atoms with Crippen LogP contribution in [0, 0.1) is 6.92 Å². The highest BCUT2D eigenvalue weighted by Gasteiger charge is 2.27. The first-order valence-corrected chi connectivity index (χ1v) is 10.0. The number of likely N-dealkylation sites (tertiary alicyclic amines) is 1. The van der Waals surface area contributed by atoms with Gasteiger partial charge in [-0.15, -0.1) is 11.3 Å². The molecule has 0 bridgehead atoms. The number of amides is 2. The van der Waals surface area contributed by atoms with E-state index in [1.807, 2.05) is 48.4 Å². The van der Waals surface area contributed by atoms with Gasteiger partial charge in [0.1, 0.15) is 0 Å². The van der Waals surface area contributed by atoms with Crippen molar-refractivity contribution in [3.8, 4) is 0 Å². The summed E-state index contributed by atoms with van der Waals surface area (Å²) < 4.78 is 0. The van der Waals surface area contributed by atoms with Gasteiger partial charge in [0.15, 0.2) is 0 Å². The Morgan fingerprint density at radius 3 is 2.92 bits per heavy atom. The van der Waals surface area contributed by atoms with Crippen molar-refractivity contribution < 1.29 is 9.59 Å². The van der Waals surface area contributed by atoms with Gasteiger partial charge in [0.25, 0.3) is 5.91 Å². The summed E-state index contributed by atoms with van der Waals surface area (Å²) >= 11 is 1.63. The van der Waals surface area contributed by atoms with Crippen molar-refractivity contribution in [3.63, 3.8) is 0 Å². The molecule has 0 aliphatic carbocycles. The molecule has 0 unspecified atom stereocenters. The number of carbonyl (C=O) groups excluding carboxylic acids is 2. The molecule has 0 spiro atoms. The number of benzene rings is 1. The van der Waals surface area contributed by atoms with Crippen molar-refractivity contribution in [1.29, 1.82) is 0 Å². The van der Waals surface area contributed by atoms with Gasteiger partial charge in [-0.2, -0.15) is 0 Å². The summed E-state index contributed by atoms with van der Waals surface area (Å²) in [7, 11) is 0. The topological polar surface area (TPSA) is 62.3 Å². The van der Waals surface area contributed by atoms with Gasteiger partial charge in [-0.1, -0.05) is 25.1 Å². The fourth-order valence-electron chi connectivity index (χ4n) is 3.25. The Balaban J connectivity index is 1.65. The summed E-state index contributed by atoms with van der Waals surface area (Å²) in [5.41, 5.74) is 2.70. The number of piperidine rings is 1. The lowest BCUT2D eigenvalue weighted by molar-refractivity contribution is -0.120. The molecule has 6 heteroatoms. The van der Waals surface area contributed by atoms with E-state index in [1.165, 1.54) is 0 Å². The number of aryl methyl sites for hydroxylation is 1. The van der Waals surface area contributed by atoms with Crippen LogP contribution in [0.15, 0.2) is 29.6 Å². The maximum atomic E-state index is 12.9. The molecule has 1 aromatic carbocycles. The molecular weight excluding hydrogens is 346 g/mol. The molecule has 26 heavy (non-hydrogen) atoms. The summed E-state index contributed by atoms with van der Waals surface area (Å²) in [5, 5.41) is 5.93. The van der Waals surface area contributed by atoms with Crippen LogP contribution in [0.25, 0.3) is 0 Å². The van der Waals surface area contributed by atoms with Crippen molar-refractivity contribution >= 4 is 23.2 Å². The lowest BCUT2D eigenvalue weighted by Crippen LogP contribution is -2.39. The number of rotatable bonds is 5. The number of carbonyl (C=O) groups is 2. The van der Waals surface area contributed by atoms with Crippen molar-refractivity contribution in [2.24, 2.45) is 0 Å². The molecule has 2 amide bonds. The second-order valence-electron chi connectivity index (χ2n) is 6.71. The highest BCUT2D eigenvalue weighted by molar-refractivity contribution is 7.09. The molecule has 1 atom stereocenters. The standard InChI is InChI=1S/C20H25N3O2S/c1-3-18(24)21-11-16-13-26-19(22-16)15-8-6-10-23(12-15)20(25)17-9-5-4-7-14(17)2/h4-5,7,9,13,15H,3,6,8,10-12H2,1-2H3,(H,21,24)/t15-/m0/s1. The zero-order valence-corrected chi connectivity index (χ0v) is 16.1. The van der Waals surface area contributed by atoms with E-state index in [-0.39, 0.29) is 17.7 Å². The van der Waals surface area contributed by atoms with E-state index in [4.69, 9.17) is 4.98 Å². The van der Waals surface area contributed by atoms with Crippen molar-refractivity contribution in [2.75, 3.05) is 13.1 Å². The molecule has 138 valence electrons. The summed E-state index contributed by atoms with van der Waals surface area (Å²) in [6, 6.07) is 7.75. The summed E-state index contributed by atoms with van der Waals surface area (Å²) in [4.78, 5) is 30.9. The van der Waals surface area contributed by atoms with Gasteiger partial charge < -0.3 is 10.2 Å². The van der Waals surface area contributed by atoms with Gasteiger partial charge in [-0.05, 0) is 31.4 Å². The normalized spacial score (nSPS) is 17.2. The molecule has 0 saturated carbocycles. The first kappa shape index (κ1) is 18.6. The number of nitrogens with zero attached hydrogens (tertiary/aromatic N) is 2. The van der Waals surface area contributed by atoms with Crippen LogP contribution >= 0.6 is 11.3 Å². The smallest absolute Gasteiger partial charge is 0.254 e. The maximum absolute atomic E-state index is 12.9. The minimum absolute atomic E-state index is 0.0345. The predicted octanol–water partition coefficient (Wildman–Crippen LogP) is 3.50. The first-order chi connectivity index (χ1) is 12.6. The van der Waals surface area contributed by atoms with Gasteiger partial charge >= 0.3 is 0 Å². The van der Waals surface area contributed by atoms with Gasteiger partial charge in [0.2, 0.25) is 5.91 Å². The van der Waals surface area contributed by atoms with Gasteiger partial charge in [0, 0.05) is 36.4 Å². The minimum atomic E-state index is 0.0345. The summed E-state index contributed by atoms with van der Waals surface area (Å²) in [5.74, 6) is 0.421. The minimum Gasteiger partial charge on any atom is -0.350 e. The maximum Gasteiger partial charge on any atom is 0.254 e. The third-order valence-electron chi connectivity index (χ3n) is 4.79. The molecule has 0 radical (unpaired) electrons. The van der Waals surface area contributed by atoms with E-state index in [0.29, 0.717) is 19.5 Å². The first-order valence-electron chi connectivity index (χ1n) is 9.14. The Morgan fingerprint density at radius 2 is 2.15 bits per heavy atom. The van der Waals surface area contributed by atoms with Gasteiger partial charge in [0.05, 0.1) is 17.2 Å². The SMILES string of the molecule is CCC(=O)NCc1csc([C@H]2CCCN(C(=O)c3ccccc3C)C2)n1. The molecule has 1 aromatic heterocycles. The fourth-order valence-corrected chi connectivity index (χ4v) is 4.20. The fraction of sp³-hybridized carbons (Fsp3) is 0.450. The molecule has 2 aromatic rings. The Hall–Kier alpha value is -2.21. The van der Waals surface area contributed by atoms with Crippen LogP contribution in [0.3, 0.4) is 0 Å². The Bertz CT molecular complexity index is 787. The van der Waals surface area contributed by atoms with Crippen LogP contribution < -0.4 is 5.32 Å². The van der Waals surface area contributed by atoms with Gasteiger partial charge in [-0.25, -0.2) is 4.98 Å². The molecule has 1 aliphatic rings. The molecule has 3 rings (SSSR count). The van der Waals surface area contributed by atoms with E-state index in [0.717, 1.165) is 41.2 Å². The van der Waals surface area contributed by atoms with Crippen LogP contribution in [0.5, 0.6) is 0 Å². The highest BCUT2D eigenvalue weighted by Crippen LogP contribution is 2.30. The van der Waals surface area contributed by atoms with Crippen molar-refractivity contribution in [1.82, 2.24) is 15.2 Å². The molecule has 1 N–H and O–H groups in total. The monoisotopic (exact) mass is 371 g/mol. The second kappa shape index (κ2) is 8.45. The lowest BCUT2D eigenvalue weighted by atomic mass is 9.97. The zero-order valence-electron chi connectivity index (χ0n) is 15.3. The third kappa shape index (κ3) is 4.30. The molecule has 2 heterocycles. The molecule has 1 fully saturated rings. The van der Waals surface area contributed by atoms with E-state index in [9.17, 15) is 9.59 Å². The number of aromatic nitrogens is 1.